The molecule has 1 aliphatic rings. The number of hydrogen-bond donors (Lipinski definition) is 1. The number of halogens is 2. The van der Waals surface area contributed by atoms with Gasteiger partial charge < -0.3 is 5.32 Å². The second-order valence-electron chi connectivity index (χ2n) is 5.08. The van der Waals surface area contributed by atoms with Gasteiger partial charge in [-0.1, -0.05) is 11.6 Å². The van der Waals surface area contributed by atoms with E-state index in [4.69, 9.17) is 11.6 Å². The third-order valence-corrected chi connectivity index (χ3v) is 4.97. The summed E-state index contributed by atoms with van der Waals surface area (Å²) < 4.78 is 37.4. The van der Waals surface area contributed by atoms with Gasteiger partial charge in [0.25, 0.3) is 0 Å². The summed E-state index contributed by atoms with van der Waals surface area (Å²) in [6.07, 6.45) is 2.38. The summed E-state index contributed by atoms with van der Waals surface area (Å²) in [7, 11) is -3.29. The van der Waals surface area contributed by atoms with Crippen LogP contribution in [0.1, 0.15) is 12.8 Å². The van der Waals surface area contributed by atoms with Gasteiger partial charge in [-0.2, -0.15) is 0 Å². The number of piperidine rings is 1. The minimum atomic E-state index is -3.29. The van der Waals surface area contributed by atoms with Gasteiger partial charge in [0.05, 0.1) is 17.2 Å². The summed E-state index contributed by atoms with van der Waals surface area (Å²) >= 11 is 5.65. The molecule has 1 aromatic carbocycles. The number of rotatable bonds is 3. The summed E-state index contributed by atoms with van der Waals surface area (Å²) in [4.78, 5) is 12.2. The van der Waals surface area contributed by atoms with Crippen LogP contribution in [0, 0.1) is 11.7 Å². The summed E-state index contributed by atoms with van der Waals surface area (Å²) in [5.41, 5.74) is 0.392. The Balaban J connectivity index is 2.04. The summed E-state index contributed by atoms with van der Waals surface area (Å²) in [5.74, 6) is -1.26. The zero-order valence-electron chi connectivity index (χ0n) is 11.5. The fourth-order valence-electron chi connectivity index (χ4n) is 2.28. The Hall–Kier alpha value is -1.18. The number of amides is 1. The van der Waals surface area contributed by atoms with Gasteiger partial charge in [0.15, 0.2) is 0 Å². The Morgan fingerprint density at radius 1 is 1.48 bits per heavy atom. The molecule has 21 heavy (non-hydrogen) atoms. The molecule has 116 valence electrons. The SMILES string of the molecule is CS(=O)(=O)N1CCC[C@@H](C(=O)Nc2ccc(F)c(Cl)c2)C1. The Kier molecular flexibility index (Phi) is 4.85. The van der Waals surface area contributed by atoms with Crippen molar-refractivity contribution in [3.05, 3.63) is 29.0 Å². The van der Waals surface area contributed by atoms with Crippen LogP contribution in [0.3, 0.4) is 0 Å². The molecular weight excluding hydrogens is 319 g/mol. The quantitative estimate of drug-likeness (QED) is 0.920. The van der Waals surface area contributed by atoms with E-state index in [2.05, 4.69) is 5.32 Å². The fourth-order valence-corrected chi connectivity index (χ4v) is 3.37. The number of nitrogens with zero attached hydrogens (tertiary/aromatic N) is 1. The van der Waals surface area contributed by atoms with E-state index in [1.165, 1.54) is 22.5 Å². The van der Waals surface area contributed by atoms with Crippen LogP contribution < -0.4 is 5.32 Å². The molecule has 1 atom stereocenters. The number of carbonyl (C=O) groups is 1. The number of sulfonamides is 1. The highest BCUT2D eigenvalue weighted by Crippen LogP contribution is 2.23. The predicted molar refractivity (Wildman–Crippen MR) is 79.2 cm³/mol. The van der Waals surface area contributed by atoms with Crippen molar-refractivity contribution in [3.8, 4) is 0 Å². The van der Waals surface area contributed by atoms with E-state index < -0.39 is 21.8 Å². The first-order valence-corrected chi connectivity index (χ1v) is 8.71. The molecule has 0 aromatic heterocycles. The lowest BCUT2D eigenvalue weighted by Crippen LogP contribution is -2.43. The van der Waals surface area contributed by atoms with Gasteiger partial charge in [-0.05, 0) is 31.0 Å². The minimum Gasteiger partial charge on any atom is -0.326 e. The lowest BCUT2D eigenvalue weighted by Gasteiger charge is -2.30. The van der Waals surface area contributed by atoms with Gasteiger partial charge in [0.2, 0.25) is 15.9 Å². The zero-order valence-corrected chi connectivity index (χ0v) is 13.0. The minimum absolute atomic E-state index is 0.0748. The van der Waals surface area contributed by atoms with Crippen LogP contribution in [0.5, 0.6) is 0 Å². The smallest absolute Gasteiger partial charge is 0.228 e. The summed E-state index contributed by atoms with van der Waals surface area (Å²) in [6, 6.07) is 3.91. The normalized spacial score (nSPS) is 20.2. The Morgan fingerprint density at radius 2 is 2.19 bits per heavy atom. The van der Waals surface area contributed by atoms with Crippen molar-refractivity contribution in [2.75, 3.05) is 24.7 Å². The van der Waals surface area contributed by atoms with E-state index in [0.29, 0.717) is 25.1 Å². The third-order valence-electron chi connectivity index (χ3n) is 3.41. The first kappa shape index (κ1) is 16.2. The molecule has 1 saturated heterocycles. The van der Waals surface area contributed by atoms with E-state index in [-0.39, 0.29) is 17.5 Å². The van der Waals surface area contributed by atoms with Crippen LogP contribution in [0.2, 0.25) is 5.02 Å². The molecule has 1 aromatic rings. The molecule has 2 rings (SSSR count). The fraction of sp³-hybridized carbons (Fsp3) is 0.462. The molecule has 1 aliphatic heterocycles. The average molecular weight is 335 g/mol. The Labute approximate surface area is 128 Å². The number of nitrogens with one attached hydrogen (secondary N) is 1. The van der Waals surface area contributed by atoms with Gasteiger partial charge in [-0.3, -0.25) is 4.79 Å². The maximum absolute atomic E-state index is 13.1. The second-order valence-corrected chi connectivity index (χ2v) is 7.47. The molecule has 0 spiro atoms. The topological polar surface area (TPSA) is 66.5 Å². The van der Waals surface area contributed by atoms with Crippen molar-refractivity contribution in [3.63, 3.8) is 0 Å². The average Bonchev–Trinajstić information content (AvgIpc) is 2.42. The van der Waals surface area contributed by atoms with Gasteiger partial charge in [0.1, 0.15) is 5.82 Å². The Bertz CT molecular complexity index is 651. The van der Waals surface area contributed by atoms with Crippen molar-refractivity contribution in [1.82, 2.24) is 4.31 Å². The molecule has 1 N–H and O–H groups in total. The van der Waals surface area contributed by atoms with E-state index in [1.807, 2.05) is 0 Å². The highest BCUT2D eigenvalue weighted by Gasteiger charge is 2.30. The van der Waals surface area contributed by atoms with Gasteiger partial charge in [-0.15, -0.1) is 0 Å². The van der Waals surface area contributed by atoms with Crippen molar-refractivity contribution in [1.29, 1.82) is 0 Å². The highest BCUT2D eigenvalue weighted by atomic mass is 35.5. The monoisotopic (exact) mass is 334 g/mol. The van der Waals surface area contributed by atoms with E-state index >= 15 is 0 Å². The first-order chi connectivity index (χ1) is 9.77. The van der Waals surface area contributed by atoms with Crippen molar-refractivity contribution in [2.45, 2.75) is 12.8 Å². The molecule has 1 fully saturated rings. The summed E-state index contributed by atoms with van der Waals surface area (Å²) in [5, 5.41) is 2.57. The van der Waals surface area contributed by atoms with Crippen molar-refractivity contribution >= 4 is 33.2 Å². The van der Waals surface area contributed by atoms with E-state index in [9.17, 15) is 17.6 Å². The molecule has 0 aliphatic carbocycles. The van der Waals surface area contributed by atoms with Crippen molar-refractivity contribution < 1.29 is 17.6 Å². The molecule has 0 unspecified atom stereocenters. The standard InChI is InChI=1S/C13H16ClFN2O3S/c1-21(19,20)17-6-2-3-9(8-17)13(18)16-10-4-5-12(15)11(14)7-10/h4-5,7,9H,2-3,6,8H2,1H3,(H,16,18)/t9-/m1/s1. The number of benzene rings is 1. The van der Waals surface area contributed by atoms with Gasteiger partial charge >= 0.3 is 0 Å². The van der Waals surface area contributed by atoms with Gasteiger partial charge in [-0.25, -0.2) is 17.1 Å². The first-order valence-electron chi connectivity index (χ1n) is 6.48. The molecule has 8 heteroatoms. The Morgan fingerprint density at radius 3 is 2.81 bits per heavy atom. The molecule has 0 radical (unpaired) electrons. The van der Waals surface area contributed by atoms with E-state index in [0.717, 1.165) is 6.26 Å². The third kappa shape index (κ3) is 4.15. The number of anilines is 1. The summed E-state index contributed by atoms with van der Waals surface area (Å²) in [6.45, 7) is 0.602. The molecule has 0 bridgehead atoms. The van der Waals surface area contributed by atoms with Crippen LogP contribution in [0.4, 0.5) is 10.1 Å². The zero-order chi connectivity index (χ0) is 15.6. The molecule has 1 heterocycles. The largest absolute Gasteiger partial charge is 0.326 e. The molecule has 5 nitrogen and oxygen atoms in total. The van der Waals surface area contributed by atoms with Crippen LogP contribution in [0.15, 0.2) is 18.2 Å². The second kappa shape index (κ2) is 6.29. The van der Waals surface area contributed by atoms with Crippen LogP contribution in [-0.4, -0.2) is 38.0 Å². The van der Waals surface area contributed by atoms with Crippen LogP contribution in [0.25, 0.3) is 0 Å². The molecule has 1 amide bonds. The van der Waals surface area contributed by atoms with Crippen molar-refractivity contribution in [2.24, 2.45) is 5.92 Å². The van der Waals surface area contributed by atoms with Crippen LogP contribution >= 0.6 is 11.6 Å². The highest BCUT2D eigenvalue weighted by molar-refractivity contribution is 7.88. The predicted octanol–water partition coefficient (Wildman–Crippen LogP) is 2.09. The maximum Gasteiger partial charge on any atom is 0.228 e. The van der Waals surface area contributed by atoms with E-state index in [1.54, 1.807) is 0 Å². The number of carbonyl (C=O) groups excluding carboxylic acids is 1. The lowest BCUT2D eigenvalue weighted by molar-refractivity contribution is -0.120. The number of hydrogen-bond acceptors (Lipinski definition) is 3. The molecule has 0 saturated carbocycles. The lowest BCUT2D eigenvalue weighted by atomic mass is 9.99. The van der Waals surface area contributed by atoms with Gasteiger partial charge in [0, 0.05) is 18.8 Å². The molecular formula is C13H16ClFN2O3S. The van der Waals surface area contributed by atoms with Crippen LogP contribution in [-0.2, 0) is 14.8 Å². The maximum atomic E-state index is 13.1.